The maximum atomic E-state index is 13.4. The molecule has 0 bridgehead atoms. The summed E-state index contributed by atoms with van der Waals surface area (Å²) in [6, 6.07) is 5.29. The average Bonchev–Trinajstić information content (AvgIpc) is 2.58. The molecular weight excluding hydrogens is 377 g/mol. The second-order valence-electron chi connectivity index (χ2n) is 4.80. The summed E-state index contributed by atoms with van der Waals surface area (Å²) in [5.74, 6) is -5.52. The van der Waals surface area contributed by atoms with E-state index in [-0.39, 0.29) is 5.69 Å². The Kier molecular flexibility index (Phi) is 6.18. The number of ether oxygens (including phenoxy) is 1. The molecule has 0 aliphatic rings. The summed E-state index contributed by atoms with van der Waals surface area (Å²) in [5, 5.41) is 3.47. The zero-order valence-corrected chi connectivity index (χ0v) is 13.6. The Morgan fingerprint density at radius 1 is 1.00 bits per heavy atom. The van der Waals surface area contributed by atoms with E-state index in [0.717, 1.165) is 6.07 Å². The Balaban J connectivity index is 1.88. The third kappa shape index (κ3) is 4.96. The lowest BCUT2D eigenvalue weighted by Crippen LogP contribution is -2.37. The molecule has 0 aromatic heterocycles. The van der Waals surface area contributed by atoms with Crippen molar-refractivity contribution in [2.24, 2.45) is 0 Å². The Hall–Kier alpha value is -3.07. The van der Waals surface area contributed by atoms with Gasteiger partial charge in [0.15, 0.2) is 18.2 Å². The van der Waals surface area contributed by atoms with Gasteiger partial charge in [0, 0.05) is 0 Å². The summed E-state index contributed by atoms with van der Waals surface area (Å²) < 4.78 is 44.0. The number of rotatable bonds is 4. The molecule has 0 heterocycles. The van der Waals surface area contributed by atoms with E-state index in [4.69, 9.17) is 11.6 Å². The van der Waals surface area contributed by atoms with Crippen LogP contribution in [0.1, 0.15) is 10.4 Å². The van der Waals surface area contributed by atoms with Crippen LogP contribution in [0.4, 0.5) is 23.7 Å². The molecule has 0 aliphatic carbocycles. The number of anilines is 1. The summed E-state index contributed by atoms with van der Waals surface area (Å²) in [4.78, 5) is 34.9. The van der Waals surface area contributed by atoms with Gasteiger partial charge in [0.25, 0.3) is 5.91 Å². The van der Waals surface area contributed by atoms with Gasteiger partial charge in [-0.15, -0.1) is 0 Å². The fourth-order valence-electron chi connectivity index (χ4n) is 1.77. The molecule has 0 aliphatic heterocycles. The SMILES string of the molecule is O=C(COC(=O)c1cc(F)c(F)cc1Cl)NC(=O)Nc1ccccc1F. The van der Waals surface area contributed by atoms with Crippen LogP contribution in [0.3, 0.4) is 0 Å². The Morgan fingerprint density at radius 2 is 1.65 bits per heavy atom. The van der Waals surface area contributed by atoms with Crippen LogP contribution in [0.2, 0.25) is 5.02 Å². The molecule has 10 heteroatoms. The molecule has 0 saturated heterocycles. The van der Waals surface area contributed by atoms with Crippen molar-refractivity contribution in [1.29, 1.82) is 0 Å². The number of nitrogens with one attached hydrogen (secondary N) is 2. The van der Waals surface area contributed by atoms with Crippen LogP contribution >= 0.6 is 11.6 Å². The molecular formula is C16H10ClF3N2O4. The van der Waals surface area contributed by atoms with Gasteiger partial charge >= 0.3 is 12.0 Å². The number of imide groups is 1. The van der Waals surface area contributed by atoms with E-state index in [1.54, 1.807) is 5.32 Å². The molecule has 3 amide bonds. The second-order valence-corrected chi connectivity index (χ2v) is 5.21. The van der Waals surface area contributed by atoms with Crippen LogP contribution in [0.25, 0.3) is 0 Å². The van der Waals surface area contributed by atoms with Gasteiger partial charge < -0.3 is 10.1 Å². The van der Waals surface area contributed by atoms with Crippen molar-refractivity contribution in [3.8, 4) is 0 Å². The maximum absolute atomic E-state index is 13.4. The largest absolute Gasteiger partial charge is 0.452 e. The molecule has 2 rings (SSSR count). The van der Waals surface area contributed by atoms with Crippen LogP contribution in [-0.2, 0) is 9.53 Å². The number of carbonyl (C=O) groups excluding carboxylic acids is 3. The highest BCUT2D eigenvalue weighted by Crippen LogP contribution is 2.20. The third-order valence-electron chi connectivity index (χ3n) is 2.94. The maximum Gasteiger partial charge on any atom is 0.340 e. The molecule has 0 atom stereocenters. The molecule has 2 aromatic rings. The van der Waals surface area contributed by atoms with Gasteiger partial charge in [-0.05, 0) is 24.3 Å². The van der Waals surface area contributed by atoms with Gasteiger partial charge in [-0.2, -0.15) is 0 Å². The number of carbonyl (C=O) groups is 3. The molecule has 0 fully saturated rings. The summed E-state index contributed by atoms with van der Waals surface area (Å²) in [7, 11) is 0. The van der Waals surface area contributed by atoms with Crippen LogP contribution in [0.5, 0.6) is 0 Å². The van der Waals surface area contributed by atoms with Crippen LogP contribution < -0.4 is 10.6 Å². The fraction of sp³-hybridized carbons (Fsp3) is 0.0625. The average molecular weight is 387 g/mol. The zero-order valence-electron chi connectivity index (χ0n) is 12.8. The minimum Gasteiger partial charge on any atom is -0.452 e. The van der Waals surface area contributed by atoms with Gasteiger partial charge in [0.05, 0.1) is 16.3 Å². The molecule has 26 heavy (non-hydrogen) atoms. The minimum atomic E-state index is -1.32. The van der Waals surface area contributed by atoms with E-state index >= 15 is 0 Å². The molecule has 0 radical (unpaired) electrons. The van der Waals surface area contributed by atoms with E-state index in [1.807, 2.05) is 0 Å². The van der Waals surface area contributed by atoms with Crippen molar-refractivity contribution in [3.63, 3.8) is 0 Å². The monoisotopic (exact) mass is 386 g/mol. The minimum absolute atomic E-state index is 0.164. The van der Waals surface area contributed by atoms with Crippen molar-refractivity contribution >= 4 is 35.2 Å². The number of para-hydroxylation sites is 1. The Labute approximate surface area is 149 Å². The van der Waals surface area contributed by atoms with Gasteiger partial charge in [0.2, 0.25) is 0 Å². The van der Waals surface area contributed by atoms with Gasteiger partial charge in [-0.1, -0.05) is 23.7 Å². The molecule has 2 aromatic carbocycles. The molecule has 0 unspecified atom stereocenters. The quantitative estimate of drug-likeness (QED) is 0.624. The summed E-state index contributed by atoms with van der Waals surface area (Å²) in [5.41, 5.74) is -0.655. The lowest BCUT2D eigenvalue weighted by molar-refractivity contribution is -0.123. The summed E-state index contributed by atoms with van der Waals surface area (Å²) in [6.07, 6.45) is 0. The zero-order chi connectivity index (χ0) is 19.3. The van der Waals surface area contributed by atoms with Crippen molar-refractivity contribution in [2.75, 3.05) is 11.9 Å². The van der Waals surface area contributed by atoms with E-state index in [0.29, 0.717) is 12.1 Å². The van der Waals surface area contributed by atoms with Crippen LogP contribution in [-0.4, -0.2) is 24.5 Å². The van der Waals surface area contributed by atoms with E-state index < -0.39 is 52.6 Å². The fourth-order valence-corrected chi connectivity index (χ4v) is 1.99. The number of amides is 3. The first-order valence-electron chi connectivity index (χ1n) is 6.95. The predicted octanol–water partition coefficient (Wildman–Crippen LogP) is 3.26. The number of halogens is 4. The second kappa shape index (κ2) is 8.34. The highest BCUT2D eigenvalue weighted by Gasteiger charge is 2.18. The molecule has 6 nitrogen and oxygen atoms in total. The first-order valence-corrected chi connectivity index (χ1v) is 7.32. The number of hydrogen-bond acceptors (Lipinski definition) is 4. The number of hydrogen-bond donors (Lipinski definition) is 2. The number of esters is 1. The molecule has 0 spiro atoms. The Bertz CT molecular complexity index is 877. The smallest absolute Gasteiger partial charge is 0.340 e. The standard InChI is InChI=1S/C16H10ClF3N2O4/c17-9-6-12(20)11(19)5-8(9)15(24)26-7-14(23)22-16(25)21-13-4-2-1-3-10(13)18/h1-6H,7H2,(H2,21,22,23,25). The first-order chi connectivity index (χ1) is 12.3. The number of urea groups is 1. The van der Waals surface area contributed by atoms with Crippen molar-refractivity contribution in [3.05, 3.63) is 64.4 Å². The van der Waals surface area contributed by atoms with Crippen LogP contribution in [0.15, 0.2) is 36.4 Å². The van der Waals surface area contributed by atoms with E-state index in [1.165, 1.54) is 18.2 Å². The number of benzene rings is 2. The highest BCUT2D eigenvalue weighted by atomic mass is 35.5. The van der Waals surface area contributed by atoms with Crippen LogP contribution in [0, 0.1) is 17.5 Å². The lowest BCUT2D eigenvalue weighted by Gasteiger charge is -2.09. The van der Waals surface area contributed by atoms with E-state index in [2.05, 4.69) is 10.1 Å². The van der Waals surface area contributed by atoms with Gasteiger partial charge in [0.1, 0.15) is 5.82 Å². The molecule has 0 saturated carbocycles. The highest BCUT2D eigenvalue weighted by molar-refractivity contribution is 6.33. The van der Waals surface area contributed by atoms with Crippen molar-refractivity contribution in [2.45, 2.75) is 0 Å². The summed E-state index contributed by atoms with van der Waals surface area (Å²) >= 11 is 5.59. The van der Waals surface area contributed by atoms with E-state index in [9.17, 15) is 27.6 Å². The predicted molar refractivity (Wildman–Crippen MR) is 85.2 cm³/mol. The lowest BCUT2D eigenvalue weighted by atomic mass is 10.2. The summed E-state index contributed by atoms with van der Waals surface area (Å²) in [6.45, 7) is -0.904. The normalized spacial score (nSPS) is 10.2. The molecule has 2 N–H and O–H groups in total. The molecule has 136 valence electrons. The topological polar surface area (TPSA) is 84.5 Å². The van der Waals surface area contributed by atoms with Gasteiger partial charge in [-0.3, -0.25) is 10.1 Å². The first kappa shape index (κ1) is 19.3. The Morgan fingerprint density at radius 3 is 2.35 bits per heavy atom. The van der Waals surface area contributed by atoms with Crippen molar-refractivity contribution < 1.29 is 32.3 Å². The third-order valence-corrected chi connectivity index (χ3v) is 3.25. The van der Waals surface area contributed by atoms with Gasteiger partial charge in [-0.25, -0.2) is 22.8 Å². The van der Waals surface area contributed by atoms with Crippen molar-refractivity contribution in [1.82, 2.24) is 5.32 Å².